The number of benzene rings is 3. The molecular formula is C40H50N6O5. The number of hydrogen-bond acceptors (Lipinski definition) is 7. The van der Waals surface area contributed by atoms with Crippen LogP contribution in [0.4, 0.5) is 9.59 Å². The van der Waals surface area contributed by atoms with E-state index >= 15 is 0 Å². The summed E-state index contributed by atoms with van der Waals surface area (Å²) in [6.07, 6.45) is 1.92. The molecule has 2 amide bonds. The number of carbonyl (C=O) groups excluding carboxylic acids is 2. The quantitative estimate of drug-likeness (QED) is 0.158. The average Bonchev–Trinajstić information content (AvgIpc) is 3.68. The van der Waals surface area contributed by atoms with E-state index < -0.39 is 11.2 Å². The van der Waals surface area contributed by atoms with Crippen molar-refractivity contribution in [1.82, 2.24) is 29.7 Å². The maximum absolute atomic E-state index is 13.0. The van der Waals surface area contributed by atoms with Gasteiger partial charge in [0.1, 0.15) is 35.2 Å². The van der Waals surface area contributed by atoms with Crippen LogP contribution in [0.1, 0.15) is 85.9 Å². The van der Waals surface area contributed by atoms with Gasteiger partial charge < -0.3 is 34.0 Å². The van der Waals surface area contributed by atoms with Crippen molar-refractivity contribution in [1.29, 1.82) is 0 Å². The lowest BCUT2D eigenvalue weighted by atomic mass is 9.92. The van der Waals surface area contributed by atoms with Crippen LogP contribution >= 0.6 is 0 Å². The minimum atomic E-state index is -0.584. The van der Waals surface area contributed by atoms with Crippen molar-refractivity contribution < 1.29 is 23.8 Å². The van der Waals surface area contributed by atoms with E-state index in [1.54, 1.807) is 16.0 Å². The average molecular weight is 695 g/mol. The molecule has 6 rings (SSSR count). The molecule has 0 saturated carbocycles. The minimum absolute atomic E-state index is 0.273. The summed E-state index contributed by atoms with van der Waals surface area (Å²) in [5.41, 5.74) is 5.66. The number of ether oxygens (including phenoxy) is 3. The summed E-state index contributed by atoms with van der Waals surface area (Å²) in [5, 5.41) is 2.03. The smallest absolute Gasteiger partial charge is 0.410 e. The van der Waals surface area contributed by atoms with Gasteiger partial charge >= 0.3 is 12.2 Å². The van der Waals surface area contributed by atoms with Gasteiger partial charge in [-0.2, -0.15) is 0 Å². The number of aromatic amines is 2. The zero-order chi connectivity index (χ0) is 36.7. The van der Waals surface area contributed by atoms with E-state index in [0.29, 0.717) is 44.4 Å². The monoisotopic (exact) mass is 694 g/mol. The van der Waals surface area contributed by atoms with Crippen molar-refractivity contribution in [3.63, 3.8) is 0 Å². The fraction of sp³-hybridized carbons (Fsp3) is 0.450. The van der Waals surface area contributed by atoms with E-state index in [1.807, 2.05) is 54.5 Å². The van der Waals surface area contributed by atoms with Crippen LogP contribution in [0, 0.1) is 5.92 Å². The summed E-state index contributed by atoms with van der Waals surface area (Å²) in [6, 6.07) is 14.7. The van der Waals surface area contributed by atoms with Gasteiger partial charge in [0.25, 0.3) is 0 Å². The summed E-state index contributed by atoms with van der Waals surface area (Å²) in [7, 11) is 0. The van der Waals surface area contributed by atoms with Crippen LogP contribution in [0.3, 0.4) is 0 Å². The van der Waals surface area contributed by atoms with Crippen LogP contribution in [0.25, 0.3) is 44.2 Å². The molecule has 2 N–H and O–H groups in total. The molecule has 0 radical (unpaired) electrons. The second-order valence-electron chi connectivity index (χ2n) is 15.8. The third-order valence-electron chi connectivity index (χ3n) is 8.40. The summed E-state index contributed by atoms with van der Waals surface area (Å²) in [5.74, 6) is 2.47. The molecule has 0 atom stereocenters. The molecule has 1 aliphatic rings. The third-order valence-corrected chi connectivity index (χ3v) is 8.40. The summed E-state index contributed by atoms with van der Waals surface area (Å²) >= 11 is 0. The van der Waals surface area contributed by atoms with Gasteiger partial charge in [0.15, 0.2) is 0 Å². The molecule has 0 saturated heterocycles. The normalized spacial score (nSPS) is 12.8. The number of imidazole rings is 2. The Hall–Kier alpha value is -5.06. The molecule has 270 valence electrons. The lowest BCUT2D eigenvalue weighted by Gasteiger charge is -2.28. The minimum Gasteiger partial charge on any atom is -0.488 e. The van der Waals surface area contributed by atoms with Crippen molar-refractivity contribution in [3.8, 4) is 28.1 Å². The van der Waals surface area contributed by atoms with Gasteiger partial charge in [0.05, 0.1) is 36.0 Å². The number of aromatic nitrogens is 4. The second-order valence-corrected chi connectivity index (χ2v) is 15.8. The molecule has 0 fully saturated rings. The molecule has 0 aliphatic carbocycles. The highest BCUT2D eigenvalue weighted by Crippen LogP contribution is 2.42. The van der Waals surface area contributed by atoms with Gasteiger partial charge in [-0.25, -0.2) is 19.6 Å². The summed E-state index contributed by atoms with van der Waals surface area (Å²) in [4.78, 5) is 45.6. The van der Waals surface area contributed by atoms with E-state index in [9.17, 15) is 9.59 Å². The fourth-order valence-electron chi connectivity index (χ4n) is 6.33. The number of hydrogen-bond donors (Lipinski definition) is 2. The Morgan fingerprint density at radius 3 is 2.27 bits per heavy atom. The molecule has 0 bridgehead atoms. The highest BCUT2D eigenvalue weighted by Gasteiger charge is 2.26. The molecule has 5 aromatic rings. The largest absolute Gasteiger partial charge is 0.488 e. The first-order valence-electron chi connectivity index (χ1n) is 17.8. The topological polar surface area (TPSA) is 126 Å². The van der Waals surface area contributed by atoms with Crippen molar-refractivity contribution >= 4 is 34.0 Å². The highest BCUT2D eigenvalue weighted by atomic mass is 16.6. The Morgan fingerprint density at radius 2 is 1.59 bits per heavy atom. The van der Waals surface area contributed by atoms with Crippen LogP contribution in [0.2, 0.25) is 0 Å². The second kappa shape index (κ2) is 13.9. The maximum atomic E-state index is 13.0. The van der Waals surface area contributed by atoms with Crippen LogP contribution in [-0.2, 0) is 29.2 Å². The van der Waals surface area contributed by atoms with Crippen molar-refractivity contribution in [2.45, 2.75) is 99.6 Å². The molecule has 1 aliphatic heterocycles. The number of nitrogens with zero attached hydrogens (tertiary/aromatic N) is 4. The standard InChI is InChI=1S/C40H50N6O5/c1-10-15-45(37(47)50-39(4,5)6)21-34-41-19-32(43-34)26-11-13-28-27(16-26)23-49-33-18-29-25(17-30(28)33)12-14-31-36(29)44-35(42-31)22-46(20-24(2)3)38(48)51-40(7,8)9/h11-14,16-19,24H,10,15,20-23H2,1-9H3,(H,41,43)(H,42,44). The molecule has 51 heavy (non-hydrogen) atoms. The van der Waals surface area contributed by atoms with E-state index in [1.165, 1.54) is 0 Å². The van der Waals surface area contributed by atoms with E-state index in [4.69, 9.17) is 19.2 Å². The SMILES string of the molecule is CCCN(Cc1ncc(-c2ccc3c(c2)COc2cc4c(ccc5[nH]c(CN(CC(C)C)C(=O)OC(C)(C)C)nc54)cc2-3)[nH]1)C(=O)OC(C)(C)C. The van der Waals surface area contributed by atoms with Crippen molar-refractivity contribution in [2.75, 3.05) is 13.1 Å². The zero-order valence-corrected chi connectivity index (χ0v) is 31.3. The molecule has 0 unspecified atom stereocenters. The van der Waals surface area contributed by atoms with Gasteiger partial charge in [-0.05, 0) is 100 Å². The molecule has 3 aromatic carbocycles. The number of rotatable bonds is 9. The Balaban J connectivity index is 1.24. The predicted octanol–water partition coefficient (Wildman–Crippen LogP) is 9.21. The van der Waals surface area contributed by atoms with E-state index in [0.717, 1.165) is 61.9 Å². The van der Waals surface area contributed by atoms with Crippen molar-refractivity contribution in [3.05, 3.63) is 65.9 Å². The lowest BCUT2D eigenvalue weighted by Crippen LogP contribution is -2.38. The summed E-state index contributed by atoms with van der Waals surface area (Å²) in [6.45, 7) is 19.6. The number of carbonyl (C=O) groups is 2. The molecule has 3 heterocycles. The molecule has 11 nitrogen and oxygen atoms in total. The number of amides is 2. The Kier molecular flexibility index (Phi) is 9.76. The molecule has 11 heteroatoms. The lowest BCUT2D eigenvalue weighted by molar-refractivity contribution is 0.0203. The third kappa shape index (κ3) is 8.30. The van der Waals surface area contributed by atoms with Crippen LogP contribution in [-0.4, -0.2) is 66.2 Å². The van der Waals surface area contributed by atoms with Gasteiger partial charge in [0, 0.05) is 24.0 Å². The Labute approximate surface area is 299 Å². The summed E-state index contributed by atoms with van der Waals surface area (Å²) < 4.78 is 17.7. The molecular weight excluding hydrogens is 644 g/mol. The number of nitrogens with one attached hydrogen (secondary N) is 2. The Bertz CT molecular complexity index is 2070. The first-order valence-corrected chi connectivity index (χ1v) is 17.8. The molecule has 2 aromatic heterocycles. The van der Waals surface area contributed by atoms with E-state index in [2.05, 4.69) is 65.2 Å². The number of fused-ring (bicyclic) bond motifs is 6. The predicted molar refractivity (Wildman–Crippen MR) is 199 cm³/mol. The van der Waals surface area contributed by atoms with Gasteiger partial charge in [0.2, 0.25) is 0 Å². The fourth-order valence-corrected chi connectivity index (χ4v) is 6.33. The van der Waals surface area contributed by atoms with Crippen LogP contribution < -0.4 is 4.74 Å². The van der Waals surface area contributed by atoms with Crippen molar-refractivity contribution in [2.24, 2.45) is 5.92 Å². The van der Waals surface area contributed by atoms with Gasteiger partial charge in [-0.15, -0.1) is 0 Å². The zero-order valence-electron chi connectivity index (χ0n) is 31.3. The maximum Gasteiger partial charge on any atom is 0.410 e. The van der Waals surface area contributed by atoms with E-state index in [-0.39, 0.29) is 18.1 Å². The van der Waals surface area contributed by atoms with Crippen LogP contribution in [0.15, 0.2) is 48.7 Å². The first kappa shape index (κ1) is 35.8. The number of H-pyrrole nitrogens is 2. The Morgan fingerprint density at radius 1 is 0.882 bits per heavy atom. The van der Waals surface area contributed by atoms with Gasteiger partial charge in [-0.1, -0.05) is 39.0 Å². The first-order chi connectivity index (χ1) is 24.1. The molecule has 0 spiro atoms. The van der Waals surface area contributed by atoms with Crippen LogP contribution in [0.5, 0.6) is 5.75 Å². The highest BCUT2D eigenvalue weighted by molar-refractivity contribution is 6.07. The van der Waals surface area contributed by atoms with Gasteiger partial charge in [-0.3, -0.25) is 0 Å².